The van der Waals surface area contributed by atoms with Crippen LogP contribution in [-0.4, -0.2) is 0 Å². The summed E-state index contributed by atoms with van der Waals surface area (Å²) in [4.78, 5) is 0. The van der Waals surface area contributed by atoms with Crippen molar-refractivity contribution in [2.24, 2.45) is 5.84 Å². The number of aryl methyl sites for hydroxylation is 1. The second-order valence-electron chi connectivity index (χ2n) is 6.04. The van der Waals surface area contributed by atoms with Gasteiger partial charge in [0.15, 0.2) is 0 Å². The predicted octanol–water partition coefficient (Wildman–Crippen LogP) is 5.68. The third-order valence-corrected chi connectivity index (χ3v) is 4.23. The molecule has 1 aromatic carbocycles. The van der Waals surface area contributed by atoms with Crippen LogP contribution in [0.1, 0.15) is 81.9 Å². The predicted molar refractivity (Wildman–Crippen MR) is 93.5 cm³/mol. The van der Waals surface area contributed by atoms with Crippen LogP contribution in [0.5, 0.6) is 0 Å². The molecular formula is C18H31ClN2. The van der Waals surface area contributed by atoms with Gasteiger partial charge in [-0.05, 0) is 36.6 Å². The minimum Gasteiger partial charge on any atom is -0.271 e. The molecule has 120 valence electrons. The first-order chi connectivity index (χ1) is 10.2. The van der Waals surface area contributed by atoms with Gasteiger partial charge in [-0.15, -0.1) is 0 Å². The van der Waals surface area contributed by atoms with Gasteiger partial charge in [0.25, 0.3) is 0 Å². The van der Waals surface area contributed by atoms with Gasteiger partial charge in [0.1, 0.15) is 0 Å². The first kappa shape index (κ1) is 18.5. The molecule has 3 heteroatoms. The third kappa shape index (κ3) is 7.85. The highest BCUT2D eigenvalue weighted by molar-refractivity contribution is 6.30. The maximum absolute atomic E-state index is 6.13. The molecule has 1 unspecified atom stereocenters. The number of rotatable bonds is 11. The average molecular weight is 311 g/mol. The molecule has 0 saturated carbocycles. The molecule has 0 fully saturated rings. The highest BCUT2D eigenvalue weighted by Crippen LogP contribution is 2.24. The molecule has 3 N–H and O–H groups in total. The van der Waals surface area contributed by atoms with Crippen molar-refractivity contribution in [3.63, 3.8) is 0 Å². The summed E-state index contributed by atoms with van der Waals surface area (Å²) in [7, 11) is 0. The van der Waals surface area contributed by atoms with Gasteiger partial charge in [-0.25, -0.2) is 0 Å². The van der Waals surface area contributed by atoms with Crippen LogP contribution in [0.15, 0.2) is 18.2 Å². The maximum atomic E-state index is 6.13. The number of hydrogen-bond donors (Lipinski definition) is 2. The number of unbranched alkanes of at least 4 members (excludes halogenated alkanes) is 7. The second-order valence-corrected chi connectivity index (χ2v) is 6.48. The van der Waals surface area contributed by atoms with Crippen molar-refractivity contribution in [2.75, 3.05) is 0 Å². The maximum Gasteiger partial charge on any atom is 0.0460 e. The van der Waals surface area contributed by atoms with E-state index in [0.717, 1.165) is 11.4 Å². The molecule has 21 heavy (non-hydrogen) atoms. The second kappa shape index (κ2) is 11.1. The fraction of sp³-hybridized carbons (Fsp3) is 0.667. The Hall–Kier alpha value is -0.570. The van der Waals surface area contributed by atoms with Crippen molar-refractivity contribution in [3.8, 4) is 0 Å². The standard InChI is InChI=1S/C18H31ClN2/c1-3-4-5-6-7-8-9-10-11-18(21-20)16-12-15(2)13-17(19)14-16/h12-14,18,21H,3-11,20H2,1-2H3. The first-order valence-electron chi connectivity index (χ1n) is 8.40. The highest BCUT2D eigenvalue weighted by atomic mass is 35.5. The van der Waals surface area contributed by atoms with E-state index in [1.54, 1.807) is 0 Å². The summed E-state index contributed by atoms with van der Waals surface area (Å²) >= 11 is 6.13. The van der Waals surface area contributed by atoms with E-state index in [1.165, 1.54) is 62.5 Å². The van der Waals surface area contributed by atoms with Crippen molar-refractivity contribution in [2.45, 2.75) is 77.7 Å². The average Bonchev–Trinajstić information content (AvgIpc) is 2.44. The summed E-state index contributed by atoms with van der Waals surface area (Å²) in [6.45, 7) is 4.33. The lowest BCUT2D eigenvalue weighted by Crippen LogP contribution is -2.28. The van der Waals surface area contributed by atoms with Crippen molar-refractivity contribution < 1.29 is 0 Å². The Morgan fingerprint density at radius 3 is 2.19 bits per heavy atom. The van der Waals surface area contributed by atoms with Gasteiger partial charge >= 0.3 is 0 Å². The molecule has 0 aliphatic rings. The molecule has 0 amide bonds. The summed E-state index contributed by atoms with van der Waals surface area (Å²) in [5, 5.41) is 0.793. The fourth-order valence-corrected chi connectivity index (χ4v) is 3.09. The summed E-state index contributed by atoms with van der Waals surface area (Å²) in [6, 6.07) is 6.38. The normalized spacial score (nSPS) is 12.6. The molecule has 0 aliphatic heterocycles. The number of hydrazine groups is 1. The first-order valence-corrected chi connectivity index (χ1v) is 8.78. The molecular weight excluding hydrogens is 280 g/mol. The Kier molecular flexibility index (Phi) is 9.73. The number of hydrogen-bond acceptors (Lipinski definition) is 2. The van der Waals surface area contributed by atoms with Crippen LogP contribution < -0.4 is 11.3 Å². The summed E-state index contributed by atoms with van der Waals surface area (Å²) in [5.41, 5.74) is 5.32. The van der Waals surface area contributed by atoms with Gasteiger partial charge in [0.2, 0.25) is 0 Å². The number of nitrogens with two attached hydrogens (primary N) is 1. The van der Waals surface area contributed by atoms with Crippen LogP contribution in [0.4, 0.5) is 0 Å². The van der Waals surface area contributed by atoms with Crippen molar-refractivity contribution in [1.82, 2.24) is 5.43 Å². The van der Waals surface area contributed by atoms with Gasteiger partial charge in [0.05, 0.1) is 0 Å². The number of halogens is 1. The monoisotopic (exact) mass is 310 g/mol. The van der Waals surface area contributed by atoms with Crippen LogP contribution in [0.3, 0.4) is 0 Å². The largest absolute Gasteiger partial charge is 0.271 e. The zero-order valence-corrected chi connectivity index (χ0v) is 14.4. The SMILES string of the molecule is CCCCCCCCCCC(NN)c1cc(C)cc(Cl)c1. The van der Waals surface area contributed by atoms with E-state index < -0.39 is 0 Å². The molecule has 1 atom stereocenters. The summed E-state index contributed by atoms with van der Waals surface area (Å²) in [6.07, 6.45) is 11.8. The molecule has 0 radical (unpaired) electrons. The van der Waals surface area contributed by atoms with Crippen LogP contribution in [0.25, 0.3) is 0 Å². The lowest BCUT2D eigenvalue weighted by molar-refractivity contribution is 0.475. The van der Waals surface area contributed by atoms with Gasteiger partial charge < -0.3 is 0 Å². The fourth-order valence-electron chi connectivity index (χ4n) is 2.79. The Bertz CT molecular complexity index is 373. The number of benzene rings is 1. The van der Waals surface area contributed by atoms with E-state index in [0.29, 0.717) is 0 Å². The molecule has 0 heterocycles. The Balaban J connectivity index is 2.25. The molecule has 0 bridgehead atoms. The third-order valence-electron chi connectivity index (χ3n) is 4.01. The van der Waals surface area contributed by atoms with Crippen molar-refractivity contribution in [3.05, 3.63) is 34.3 Å². The minimum atomic E-state index is 0.211. The van der Waals surface area contributed by atoms with Gasteiger partial charge in [-0.1, -0.05) is 76.0 Å². The van der Waals surface area contributed by atoms with E-state index in [-0.39, 0.29) is 6.04 Å². The molecule has 2 nitrogen and oxygen atoms in total. The lowest BCUT2D eigenvalue weighted by Gasteiger charge is -2.17. The van der Waals surface area contributed by atoms with Crippen LogP contribution in [0, 0.1) is 6.92 Å². The minimum absolute atomic E-state index is 0.211. The van der Waals surface area contributed by atoms with Gasteiger partial charge in [-0.3, -0.25) is 11.3 Å². The molecule has 0 aromatic heterocycles. The molecule has 0 aliphatic carbocycles. The lowest BCUT2D eigenvalue weighted by atomic mass is 9.98. The topological polar surface area (TPSA) is 38.0 Å². The van der Waals surface area contributed by atoms with Crippen molar-refractivity contribution in [1.29, 1.82) is 0 Å². The molecule has 1 aromatic rings. The van der Waals surface area contributed by atoms with Gasteiger partial charge in [0, 0.05) is 11.1 Å². The van der Waals surface area contributed by atoms with E-state index in [9.17, 15) is 0 Å². The van der Waals surface area contributed by atoms with E-state index in [1.807, 2.05) is 12.1 Å². The zero-order valence-electron chi connectivity index (χ0n) is 13.6. The van der Waals surface area contributed by atoms with E-state index in [4.69, 9.17) is 17.4 Å². The van der Waals surface area contributed by atoms with Gasteiger partial charge in [-0.2, -0.15) is 0 Å². The van der Waals surface area contributed by atoms with Crippen LogP contribution in [-0.2, 0) is 0 Å². The quantitative estimate of drug-likeness (QED) is 0.313. The Morgan fingerprint density at radius 2 is 1.62 bits per heavy atom. The smallest absolute Gasteiger partial charge is 0.0460 e. The number of nitrogens with one attached hydrogen (secondary N) is 1. The Labute approximate surface area is 135 Å². The molecule has 1 rings (SSSR count). The van der Waals surface area contributed by atoms with E-state index >= 15 is 0 Å². The van der Waals surface area contributed by atoms with Crippen LogP contribution in [0.2, 0.25) is 5.02 Å². The summed E-state index contributed by atoms with van der Waals surface area (Å²) < 4.78 is 0. The molecule has 0 saturated heterocycles. The Morgan fingerprint density at radius 1 is 1.00 bits per heavy atom. The summed E-state index contributed by atoms with van der Waals surface area (Å²) in [5.74, 6) is 5.71. The highest BCUT2D eigenvalue weighted by Gasteiger charge is 2.10. The van der Waals surface area contributed by atoms with Crippen molar-refractivity contribution >= 4 is 11.6 Å². The molecule has 0 spiro atoms. The van der Waals surface area contributed by atoms with E-state index in [2.05, 4.69) is 25.3 Å². The zero-order chi connectivity index (χ0) is 15.5. The van der Waals surface area contributed by atoms with Crippen LogP contribution >= 0.6 is 11.6 Å².